The Hall–Kier alpha value is -0.910. The molecule has 0 saturated carbocycles. The molecule has 0 atom stereocenters. The molecule has 1 rings (SSSR count). The number of aliphatic hydroxyl groups excluding tert-OH is 2. The third-order valence-corrected chi connectivity index (χ3v) is 2.89. The van der Waals surface area contributed by atoms with E-state index < -0.39 is 5.54 Å². The summed E-state index contributed by atoms with van der Waals surface area (Å²) in [6.45, 7) is 1.66. The van der Waals surface area contributed by atoms with Crippen molar-refractivity contribution in [2.75, 3.05) is 13.2 Å². The molecule has 0 aliphatic heterocycles. The van der Waals surface area contributed by atoms with E-state index in [0.29, 0.717) is 12.8 Å². The SMILES string of the molecule is CCCCc1cc(CCC(N)(CO)CO)on1. The van der Waals surface area contributed by atoms with Gasteiger partial charge in [-0.05, 0) is 19.3 Å². The zero-order valence-corrected chi connectivity index (χ0v) is 10.4. The van der Waals surface area contributed by atoms with Crippen LogP contribution in [0.2, 0.25) is 0 Å². The quantitative estimate of drug-likeness (QED) is 0.622. The second kappa shape index (κ2) is 6.74. The van der Waals surface area contributed by atoms with Crippen LogP contribution in [0.4, 0.5) is 0 Å². The van der Waals surface area contributed by atoms with E-state index >= 15 is 0 Å². The maximum atomic E-state index is 9.05. The molecule has 0 amide bonds. The highest BCUT2D eigenvalue weighted by Crippen LogP contribution is 2.13. The second-order valence-corrected chi connectivity index (χ2v) is 4.57. The molecule has 1 aromatic rings. The molecule has 0 spiro atoms. The van der Waals surface area contributed by atoms with E-state index in [1.54, 1.807) is 0 Å². The molecule has 17 heavy (non-hydrogen) atoms. The lowest BCUT2D eigenvalue weighted by atomic mass is 9.96. The molecule has 1 aromatic heterocycles. The van der Waals surface area contributed by atoms with Gasteiger partial charge in [0.05, 0.1) is 24.4 Å². The van der Waals surface area contributed by atoms with Gasteiger partial charge < -0.3 is 20.5 Å². The number of aromatic nitrogens is 1. The first kappa shape index (κ1) is 14.2. The molecule has 98 valence electrons. The van der Waals surface area contributed by atoms with Gasteiger partial charge in [0.1, 0.15) is 5.76 Å². The Morgan fingerprint density at radius 1 is 1.35 bits per heavy atom. The number of aryl methyl sites for hydroxylation is 2. The molecule has 0 radical (unpaired) electrons. The Balaban J connectivity index is 2.44. The van der Waals surface area contributed by atoms with E-state index in [-0.39, 0.29) is 13.2 Å². The molecule has 0 unspecified atom stereocenters. The van der Waals surface area contributed by atoms with Gasteiger partial charge in [-0.3, -0.25) is 0 Å². The number of hydrogen-bond donors (Lipinski definition) is 3. The smallest absolute Gasteiger partial charge is 0.137 e. The van der Waals surface area contributed by atoms with E-state index in [0.717, 1.165) is 30.7 Å². The summed E-state index contributed by atoms with van der Waals surface area (Å²) in [4.78, 5) is 0. The van der Waals surface area contributed by atoms with Crippen LogP contribution in [-0.2, 0) is 12.8 Å². The Bertz CT molecular complexity index is 321. The first-order chi connectivity index (χ1) is 8.13. The number of aliphatic hydroxyl groups is 2. The van der Waals surface area contributed by atoms with Crippen molar-refractivity contribution in [1.29, 1.82) is 0 Å². The summed E-state index contributed by atoms with van der Waals surface area (Å²) >= 11 is 0. The lowest BCUT2D eigenvalue weighted by Gasteiger charge is -2.23. The number of unbranched alkanes of at least 4 members (excludes halogenated alkanes) is 1. The molecular formula is C12H22N2O3. The van der Waals surface area contributed by atoms with E-state index in [1.807, 2.05) is 6.07 Å². The minimum absolute atomic E-state index is 0.236. The van der Waals surface area contributed by atoms with Crippen LogP contribution in [0, 0.1) is 0 Å². The molecule has 5 nitrogen and oxygen atoms in total. The minimum atomic E-state index is -0.934. The Morgan fingerprint density at radius 2 is 2.06 bits per heavy atom. The largest absolute Gasteiger partial charge is 0.394 e. The van der Waals surface area contributed by atoms with Gasteiger partial charge in [0.25, 0.3) is 0 Å². The highest BCUT2D eigenvalue weighted by Gasteiger charge is 2.23. The fraction of sp³-hybridized carbons (Fsp3) is 0.750. The summed E-state index contributed by atoms with van der Waals surface area (Å²) in [7, 11) is 0. The van der Waals surface area contributed by atoms with Crippen LogP contribution in [0.15, 0.2) is 10.6 Å². The average molecular weight is 242 g/mol. The third kappa shape index (κ3) is 4.46. The Morgan fingerprint density at radius 3 is 2.65 bits per heavy atom. The van der Waals surface area contributed by atoms with E-state index in [1.165, 1.54) is 0 Å². The molecule has 0 aromatic carbocycles. The van der Waals surface area contributed by atoms with Crippen molar-refractivity contribution in [3.63, 3.8) is 0 Å². The van der Waals surface area contributed by atoms with Crippen LogP contribution in [0.25, 0.3) is 0 Å². The lowest BCUT2D eigenvalue weighted by Crippen LogP contribution is -2.47. The van der Waals surface area contributed by atoms with Gasteiger partial charge in [0.2, 0.25) is 0 Å². The monoisotopic (exact) mass is 242 g/mol. The normalized spacial score (nSPS) is 12.0. The zero-order valence-electron chi connectivity index (χ0n) is 10.4. The van der Waals surface area contributed by atoms with E-state index in [9.17, 15) is 0 Å². The van der Waals surface area contributed by atoms with Gasteiger partial charge in [-0.15, -0.1) is 0 Å². The van der Waals surface area contributed by atoms with Gasteiger partial charge in [-0.25, -0.2) is 0 Å². The molecule has 0 saturated heterocycles. The van der Waals surface area contributed by atoms with Crippen LogP contribution >= 0.6 is 0 Å². The molecule has 0 aliphatic rings. The zero-order chi connectivity index (χ0) is 12.7. The van der Waals surface area contributed by atoms with Crippen molar-refractivity contribution in [3.8, 4) is 0 Å². The highest BCUT2D eigenvalue weighted by molar-refractivity contribution is 5.06. The molecule has 0 fully saturated rings. The number of nitrogens with zero attached hydrogens (tertiary/aromatic N) is 1. The number of nitrogens with two attached hydrogens (primary N) is 1. The first-order valence-electron chi connectivity index (χ1n) is 6.08. The predicted molar refractivity (Wildman–Crippen MR) is 64.5 cm³/mol. The van der Waals surface area contributed by atoms with Crippen LogP contribution in [0.3, 0.4) is 0 Å². The molecule has 0 aliphatic carbocycles. The van der Waals surface area contributed by atoms with E-state index in [2.05, 4.69) is 12.1 Å². The lowest BCUT2D eigenvalue weighted by molar-refractivity contribution is 0.113. The molecule has 1 heterocycles. The van der Waals surface area contributed by atoms with Gasteiger partial charge in [-0.2, -0.15) is 0 Å². The summed E-state index contributed by atoms with van der Waals surface area (Å²) in [5, 5.41) is 22.1. The van der Waals surface area contributed by atoms with Crippen molar-refractivity contribution in [2.24, 2.45) is 5.73 Å². The molecule has 5 heteroatoms. The van der Waals surface area contributed by atoms with Crippen molar-refractivity contribution in [1.82, 2.24) is 5.16 Å². The topological polar surface area (TPSA) is 92.5 Å². The number of rotatable bonds is 8. The summed E-state index contributed by atoms with van der Waals surface area (Å²) in [6, 6.07) is 1.92. The van der Waals surface area contributed by atoms with Crippen LogP contribution in [-0.4, -0.2) is 34.1 Å². The van der Waals surface area contributed by atoms with Crippen molar-refractivity contribution in [3.05, 3.63) is 17.5 Å². The van der Waals surface area contributed by atoms with Crippen LogP contribution in [0.1, 0.15) is 37.6 Å². The maximum absolute atomic E-state index is 9.05. The fourth-order valence-corrected chi connectivity index (χ4v) is 1.53. The van der Waals surface area contributed by atoms with Gasteiger partial charge >= 0.3 is 0 Å². The summed E-state index contributed by atoms with van der Waals surface area (Å²) in [5.74, 6) is 0.757. The highest BCUT2D eigenvalue weighted by atomic mass is 16.5. The number of hydrogen-bond acceptors (Lipinski definition) is 5. The Kier molecular flexibility index (Phi) is 5.61. The second-order valence-electron chi connectivity index (χ2n) is 4.57. The van der Waals surface area contributed by atoms with Crippen LogP contribution in [0.5, 0.6) is 0 Å². The molecule has 4 N–H and O–H groups in total. The summed E-state index contributed by atoms with van der Waals surface area (Å²) in [6.07, 6.45) is 4.20. The van der Waals surface area contributed by atoms with Gasteiger partial charge in [0, 0.05) is 12.5 Å². The molecular weight excluding hydrogens is 220 g/mol. The summed E-state index contributed by atoms with van der Waals surface area (Å²) in [5.41, 5.74) is 5.79. The maximum Gasteiger partial charge on any atom is 0.137 e. The third-order valence-electron chi connectivity index (χ3n) is 2.89. The van der Waals surface area contributed by atoms with Crippen molar-refractivity contribution >= 4 is 0 Å². The van der Waals surface area contributed by atoms with Gasteiger partial charge in [0.15, 0.2) is 0 Å². The summed E-state index contributed by atoms with van der Waals surface area (Å²) < 4.78 is 5.18. The Labute approximate surface area is 102 Å². The van der Waals surface area contributed by atoms with Crippen LogP contribution < -0.4 is 5.73 Å². The first-order valence-corrected chi connectivity index (χ1v) is 6.08. The van der Waals surface area contributed by atoms with Gasteiger partial charge in [-0.1, -0.05) is 18.5 Å². The van der Waals surface area contributed by atoms with E-state index in [4.69, 9.17) is 20.5 Å². The fourth-order valence-electron chi connectivity index (χ4n) is 1.53. The van der Waals surface area contributed by atoms with Crippen molar-refractivity contribution in [2.45, 2.75) is 44.6 Å². The minimum Gasteiger partial charge on any atom is -0.394 e. The van der Waals surface area contributed by atoms with Crippen molar-refractivity contribution < 1.29 is 14.7 Å². The molecule has 0 bridgehead atoms. The average Bonchev–Trinajstić information content (AvgIpc) is 2.81. The standard InChI is InChI=1S/C12H22N2O3/c1-2-3-4-10-7-11(17-14-10)5-6-12(13,8-15)9-16/h7,15-16H,2-6,8-9,13H2,1H3. The predicted octanol–water partition coefficient (Wildman–Crippen LogP) is 0.632.